The minimum absolute atomic E-state index is 0.129. The number of furan rings is 1. The molecular weight excluding hydrogens is 426 g/mol. The van der Waals surface area contributed by atoms with Gasteiger partial charge in [0.25, 0.3) is 5.91 Å². The molecule has 3 heterocycles. The molecule has 0 aliphatic heterocycles. The standard InChI is InChI=1S/C24H23N3O4S/c1-16-21(24(29)30-3)12-19(31-16)14-26(2)23(28)17-7-9-20(10-8-17)32-15-18-13-27-11-5-4-6-22(27)25-18/h4-13H,14-15H2,1-3H3. The van der Waals surface area contributed by atoms with Crippen molar-refractivity contribution in [1.29, 1.82) is 0 Å². The molecule has 0 spiro atoms. The number of hydrogen-bond donors (Lipinski definition) is 0. The highest BCUT2D eigenvalue weighted by molar-refractivity contribution is 7.98. The molecule has 0 atom stereocenters. The molecule has 164 valence electrons. The summed E-state index contributed by atoms with van der Waals surface area (Å²) >= 11 is 1.67. The lowest BCUT2D eigenvalue weighted by Crippen LogP contribution is -2.25. The van der Waals surface area contributed by atoms with E-state index in [-0.39, 0.29) is 12.5 Å². The van der Waals surface area contributed by atoms with Crippen molar-refractivity contribution in [3.63, 3.8) is 0 Å². The van der Waals surface area contributed by atoms with Crippen molar-refractivity contribution in [2.24, 2.45) is 0 Å². The van der Waals surface area contributed by atoms with E-state index in [1.54, 1.807) is 36.7 Å². The normalized spacial score (nSPS) is 11.0. The minimum Gasteiger partial charge on any atom is -0.465 e. The van der Waals surface area contributed by atoms with Gasteiger partial charge in [-0.3, -0.25) is 4.79 Å². The first-order chi connectivity index (χ1) is 15.4. The summed E-state index contributed by atoms with van der Waals surface area (Å²) in [6.07, 6.45) is 4.00. The van der Waals surface area contributed by atoms with Gasteiger partial charge in [0.15, 0.2) is 0 Å². The van der Waals surface area contributed by atoms with Crippen LogP contribution in [0, 0.1) is 6.92 Å². The fourth-order valence-electron chi connectivity index (χ4n) is 3.37. The van der Waals surface area contributed by atoms with Gasteiger partial charge in [-0.05, 0) is 49.4 Å². The fourth-order valence-corrected chi connectivity index (χ4v) is 4.15. The first kappa shape index (κ1) is 21.7. The molecule has 0 radical (unpaired) electrons. The average molecular weight is 450 g/mol. The van der Waals surface area contributed by atoms with E-state index in [1.807, 2.05) is 59.3 Å². The molecule has 4 aromatic rings. The number of aryl methyl sites for hydroxylation is 1. The summed E-state index contributed by atoms with van der Waals surface area (Å²) in [6.45, 7) is 1.95. The number of imidazole rings is 1. The predicted molar refractivity (Wildman–Crippen MR) is 122 cm³/mol. The smallest absolute Gasteiger partial charge is 0.341 e. The Morgan fingerprint density at radius 1 is 1.19 bits per heavy atom. The van der Waals surface area contributed by atoms with E-state index < -0.39 is 5.97 Å². The number of hydrogen-bond acceptors (Lipinski definition) is 6. The van der Waals surface area contributed by atoms with E-state index in [1.165, 1.54) is 7.11 Å². The third-order valence-electron chi connectivity index (χ3n) is 5.02. The van der Waals surface area contributed by atoms with E-state index in [0.717, 1.165) is 22.0 Å². The first-order valence-corrected chi connectivity index (χ1v) is 11.0. The molecule has 7 nitrogen and oxygen atoms in total. The predicted octanol–water partition coefficient (Wildman–Crippen LogP) is 4.59. The van der Waals surface area contributed by atoms with Crippen LogP contribution in [0.2, 0.25) is 0 Å². The molecule has 0 N–H and O–H groups in total. The lowest BCUT2D eigenvalue weighted by Gasteiger charge is -2.16. The Labute approximate surface area is 190 Å². The van der Waals surface area contributed by atoms with Crippen LogP contribution in [0.4, 0.5) is 0 Å². The highest BCUT2D eigenvalue weighted by atomic mass is 32.2. The summed E-state index contributed by atoms with van der Waals surface area (Å²) in [5, 5.41) is 0. The van der Waals surface area contributed by atoms with Crippen LogP contribution < -0.4 is 0 Å². The van der Waals surface area contributed by atoms with Crippen molar-refractivity contribution >= 4 is 29.3 Å². The van der Waals surface area contributed by atoms with Crippen LogP contribution in [-0.4, -0.2) is 40.3 Å². The van der Waals surface area contributed by atoms with E-state index in [9.17, 15) is 9.59 Å². The Morgan fingerprint density at radius 3 is 2.69 bits per heavy atom. The van der Waals surface area contributed by atoms with Crippen LogP contribution in [0.1, 0.15) is 37.9 Å². The van der Waals surface area contributed by atoms with Gasteiger partial charge in [-0.25, -0.2) is 9.78 Å². The maximum Gasteiger partial charge on any atom is 0.341 e. The summed E-state index contributed by atoms with van der Waals surface area (Å²) in [6, 6.07) is 15.0. The van der Waals surface area contributed by atoms with E-state index >= 15 is 0 Å². The summed E-state index contributed by atoms with van der Waals surface area (Å²) < 4.78 is 12.3. The summed E-state index contributed by atoms with van der Waals surface area (Å²) in [5.41, 5.74) is 2.88. The van der Waals surface area contributed by atoms with Crippen molar-refractivity contribution < 1.29 is 18.7 Å². The number of pyridine rings is 1. The van der Waals surface area contributed by atoms with Gasteiger partial charge in [-0.15, -0.1) is 11.8 Å². The van der Waals surface area contributed by atoms with Gasteiger partial charge in [-0.2, -0.15) is 0 Å². The third-order valence-corrected chi connectivity index (χ3v) is 6.06. The van der Waals surface area contributed by atoms with Crippen molar-refractivity contribution in [3.05, 3.63) is 89.3 Å². The molecule has 8 heteroatoms. The zero-order valence-electron chi connectivity index (χ0n) is 18.1. The van der Waals surface area contributed by atoms with Crippen molar-refractivity contribution in [2.75, 3.05) is 14.2 Å². The second-order valence-electron chi connectivity index (χ2n) is 7.35. The number of thioether (sulfide) groups is 1. The van der Waals surface area contributed by atoms with Crippen molar-refractivity contribution in [2.45, 2.75) is 24.1 Å². The topological polar surface area (TPSA) is 77.0 Å². The van der Waals surface area contributed by atoms with Gasteiger partial charge in [0.1, 0.15) is 22.7 Å². The van der Waals surface area contributed by atoms with Crippen LogP contribution in [-0.2, 0) is 17.0 Å². The second kappa shape index (κ2) is 9.32. The number of nitrogens with zero attached hydrogens (tertiary/aromatic N) is 3. The van der Waals surface area contributed by atoms with Crippen molar-refractivity contribution in [3.8, 4) is 0 Å². The Kier molecular flexibility index (Phi) is 6.32. The molecular formula is C24H23N3O4S. The molecule has 0 unspecified atom stereocenters. The lowest BCUT2D eigenvalue weighted by atomic mass is 10.2. The van der Waals surface area contributed by atoms with Crippen LogP contribution in [0.5, 0.6) is 0 Å². The molecule has 0 fully saturated rings. The Hall–Kier alpha value is -3.52. The second-order valence-corrected chi connectivity index (χ2v) is 8.40. The molecule has 32 heavy (non-hydrogen) atoms. The number of carbonyl (C=O) groups excluding carboxylic acids is 2. The van der Waals surface area contributed by atoms with Crippen LogP contribution in [0.3, 0.4) is 0 Å². The molecule has 4 rings (SSSR count). The van der Waals surface area contributed by atoms with E-state index in [2.05, 4.69) is 4.98 Å². The Balaban J connectivity index is 1.36. The molecule has 0 bridgehead atoms. The van der Waals surface area contributed by atoms with Gasteiger partial charge < -0.3 is 18.5 Å². The third kappa shape index (κ3) is 4.70. The van der Waals surface area contributed by atoms with E-state index in [4.69, 9.17) is 9.15 Å². The summed E-state index contributed by atoms with van der Waals surface area (Å²) in [4.78, 5) is 31.8. The Morgan fingerprint density at radius 2 is 1.97 bits per heavy atom. The summed E-state index contributed by atoms with van der Waals surface area (Å²) in [7, 11) is 3.02. The fraction of sp³-hybridized carbons (Fsp3) is 0.208. The van der Waals surface area contributed by atoms with Crippen LogP contribution in [0.15, 0.2) is 70.2 Å². The lowest BCUT2D eigenvalue weighted by molar-refractivity contribution is 0.0598. The maximum absolute atomic E-state index is 12.8. The van der Waals surface area contributed by atoms with E-state index in [0.29, 0.717) is 22.6 Å². The van der Waals surface area contributed by atoms with Gasteiger partial charge in [0.05, 0.1) is 19.3 Å². The van der Waals surface area contributed by atoms with Gasteiger partial charge >= 0.3 is 5.97 Å². The molecule has 1 amide bonds. The van der Waals surface area contributed by atoms with Gasteiger partial charge in [0.2, 0.25) is 0 Å². The number of esters is 1. The molecule has 0 aliphatic carbocycles. The zero-order chi connectivity index (χ0) is 22.7. The van der Waals surface area contributed by atoms with Crippen molar-refractivity contribution in [1.82, 2.24) is 14.3 Å². The number of ether oxygens (including phenoxy) is 1. The summed E-state index contributed by atoms with van der Waals surface area (Å²) in [5.74, 6) is 1.16. The van der Waals surface area contributed by atoms with Gasteiger partial charge in [-0.1, -0.05) is 6.07 Å². The largest absolute Gasteiger partial charge is 0.465 e. The average Bonchev–Trinajstić information content (AvgIpc) is 3.39. The highest BCUT2D eigenvalue weighted by Gasteiger charge is 2.18. The SMILES string of the molecule is COC(=O)c1cc(CN(C)C(=O)c2ccc(SCc3cn4ccccc4n3)cc2)oc1C. The van der Waals surface area contributed by atoms with Crippen LogP contribution >= 0.6 is 11.8 Å². The highest BCUT2D eigenvalue weighted by Crippen LogP contribution is 2.24. The number of fused-ring (bicyclic) bond motifs is 1. The monoisotopic (exact) mass is 449 g/mol. The minimum atomic E-state index is -0.455. The number of methoxy groups -OCH3 is 1. The molecule has 0 aliphatic rings. The van der Waals surface area contributed by atoms with Crippen LogP contribution in [0.25, 0.3) is 5.65 Å². The number of carbonyl (C=O) groups is 2. The quantitative estimate of drug-likeness (QED) is 0.303. The molecule has 0 saturated carbocycles. The van der Waals surface area contributed by atoms with Gasteiger partial charge in [0, 0.05) is 35.7 Å². The molecule has 3 aromatic heterocycles. The molecule has 1 aromatic carbocycles. The number of benzene rings is 1. The Bertz CT molecular complexity index is 1230. The number of amides is 1. The molecule has 0 saturated heterocycles. The number of rotatable bonds is 7. The maximum atomic E-state index is 12.8. The first-order valence-electron chi connectivity index (χ1n) is 10.0. The zero-order valence-corrected chi connectivity index (χ0v) is 18.9. The number of aromatic nitrogens is 2.